The third-order valence-electron chi connectivity index (χ3n) is 5.28. The zero-order valence-electron chi connectivity index (χ0n) is 17.5. The van der Waals surface area contributed by atoms with Crippen molar-refractivity contribution in [2.24, 2.45) is 4.99 Å². The second kappa shape index (κ2) is 12.0. The average Bonchev–Trinajstić information content (AvgIpc) is 3.31. The Morgan fingerprint density at radius 2 is 2.03 bits per heavy atom. The van der Waals surface area contributed by atoms with Crippen molar-refractivity contribution in [2.75, 3.05) is 19.6 Å². The van der Waals surface area contributed by atoms with Crippen molar-refractivity contribution < 1.29 is 4.79 Å². The van der Waals surface area contributed by atoms with Crippen molar-refractivity contribution in [1.82, 2.24) is 20.9 Å². The number of halogens is 1. The third kappa shape index (κ3) is 7.21. The maximum atomic E-state index is 12.0. The summed E-state index contributed by atoms with van der Waals surface area (Å²) in [6.07, 6.45) is 8.13. The molecule has 0 saturated heterocycles. The van der Waals surface area contributed by atoms with Crippen LogP contribution in [0, 0.1) is 6.92 Å². The van der Waals surface area contributed by atoms with E-state index in [4.69, 9.17) is 0 Å². The standard InChI is InChI=1S/C22H33N5O.HI/c1-3-23-22(25-13-11-21(28)27-18-6-4-5-7-18)24-12-10-17-15-26-20-14-16(2)8-9-19(17)20;/h8-9,14-15,18,26H,3-7,10-13H2,1-2H3,(H,27,28)(H2,23,24,25);1H. The van der Waals surface area contributed by atoms with E-state index in [1.807, 2.05) is 6.92 Å². The number of aromatic nitrogens is 1. The first-order valence-electron chi connectivity index (χ1n) is 10.5. The van der Waals surface area contributed by atoms with Crippen LogP contribution in [0.2, 0.25) is 0 Å². The molecule has 1 fully saturated rings. The molecule has 1 aliphatic carbocycles. The Morgan fingerprint density at radius 1 is 1.24 bits per heavy atom. The highest BCUT2D eigenvalue weighted by Gasteiger charge is 2.16. The Hall–Kier alpha value is -1.77. The predicted molar refractivity (Wildman–Crippen MR) is 131 cm³/mol. The van der Waals surface area contributed by atoms with Crippen molar-refractivity contribution in [3.63, 3.8) is 0 Å². The zero-order valence-corrected chi connectivity index (χ0v) is 19.8. The van der Waals surface area contributed by atoms with E-state index >= 15 is 0 Å². The van der Waals surface area contributed by atoms with Gasteiger partial charge >= 0.3 is 0 Å². The summed E-state index contributed by atoms with van der Waals surface area (Å²) in [6, 6.07) is 6.88. The van der Waals surface area contributed by atoms with Gasteiger partial charge in [0, 0.05) is 42.7 Å². The van der Waals surface area contributed by atoms with Crippen LogP contribution in [0.3, 0.4) is 0 Å². The number of nitrogens with zero attached hydrogens (tertiary/aromatic N) is 1. The summed E-state index contributed by atoms with van der Waals surface area (Å²) in [6.45, 7) is 6.24. The van der Waals surface area contributed by atoms with Gasteiger partial charge in [-0.15, -0.1) is 24.0 Å². The number of carbonyl (C=O) groups is 1. The molecule has 7 heteroatoms. The molecular formula is C22H34IN5O. The highest BCUT2D eigenvalue weighted by Crippen LogP contribution is 2.19. The Balaban J connectivity index is 0.00000300. The minimum atomic E-state index is 0. The lowest BCUT2D eigenvalue weighted by Gasteiger charge is -2.12. The van der Waals surface area contributed by atoms with Crippen molar-refractivity contribution >= 4 is 46.7 Å². The SMILES string of the molecule is CCNC(=NCCC(=O)NC1CCCC1)NCCc1c[nH]c2cc(C)ccc12.I. The van der Waals surface area contributed by atoms with Crippen LogP contribution in [0.25, 0.3) is 10.9 Å². The van der Waals surface area contributed by atoms with Gasteiger partial charge in [0.25, 0.3) is 0 Å². The Morgan fingerprint density at radius 3 is 2.79 bits per heavy atom. The van der Waals surface area contributed by atoms with Crippen LogP contribution in [0.15, 0.2) is 29.4 Å². The summed E-state index contributed by atoms with van der Waals surface area (Å²) in [4.78, 5) is 19.9. The first-order valence-corrected chi connectivity index (χ1v) is 10.5. The van der Waals surface area contributed by atoms with E-state index in [-0.39, 0.29) is 29.9 Å². The molecule has 1 saturated carbocycles. The molecular weight excluding hydrogens is 477 g/mol. The molecule has 4 N–H and O–H groups in total. The maximum Gasteiger partial charge on any atom is 0.222 e. The molecule has 1 aromatic heterocycles. The van der Waals surface area contributed by atoms with Crippen molar-refractivity contribution in [3.05, 3.63) is 35.5 Å². The molecule has 6 nitrogen and oxygen atoms in total. The lowest BCUT2D eigenvalue weighted by Crippen LogP contribution is -2.38. The largest absolute Gasteiger partial charge is 0.361 e. The molecule has 1 amide bonds. The van der Waals surface area contributed by atoms with E-state index in [0.29, 0.717) is 19.0 Å². The normalized spacial score (nSPS) is 14.6. The molecule has 0 bridgehead atoms. The van der Waals surface area contributed by atoms with Gasteiger partial charge in [-0.3, -0.25) is 9.79 Å². The number of aliphatic imine (C=N–C) groups is 1. The van der Waals surface area contributed by atoms with Crippen LogP contribution in [0.1, 0.15) is 50.2 Å². The number of guanidine groups is 1. The van der Waals surface area contributed by atoms with Gasteiger partial charge in [-0.1, -0.05) is 25.0 Å². The maximum absolute atomic E-state index is 12.0. The van der Waals surface area contributed by atoms with Gasteiger partial charge in [0.15, 0.2) is 5.96 Å². The Kier molecular flexibility index (Phi) is 9.76. The number of aryl methyl sites for hydroxylation is 1. The summed E-state index contributed by atoms with van der Waals surface area (Å²) in [7, 11) is 0. The van der Waals surface area contributed by atoms with Crippen LogP contribution in [-0.4, -0.2) is 42.5 Å². The van der Waals surface area contributed by atoms with E-state index in [0.717, 1.165) is 38.3 Å². The van der Waals surface area contributed by atoms with E-state index in [9.17, 15) is 4.79 Å². The fourth-order valence-corrected chi connectivity index (χ4v) is 3.80. The second-order valence-electron chi connectivity index (χ2n) is 7.60. The van der Waals surface area contributed by atoms with Crippen LogP contribution < -0.4 is 16.0 Å². The van der Waals surface area contributed by atoms with Crippen molar-refractivity contribution in [2.45, 2.75) is 58.4 Å². The molecule has 0 spiro atoms. The number of aromatic amines is 1. The Bertz CT molecular complexity index is 811. The topological polar surface area (TPSA) is 81.3 Å². The number of rotatable bonds is 8. The quantitative estimate of drug-likeness (QED) is 0.248. The van der Waals surface area contributed by atoms with Crippen LogP contribution in [0.4, 0.5) is 0 Å². The highest BCUT2D eigenvalue weighted by molar-refractivity contribution is 14.0. The lowest BCUT2D eigenvalue weighted by molar-refractivity contribution is -0.121. The van der Waals surface area contributed by atoms with Gasteiger partial charge in [-0.25, -0.2) is 0 Å². The summed E-state index contributed by atoms with van der Waals surface area (Å²) in [5, 5.41) is 11.0. The van der Waals surface area contributed by atoms with Gasteiger partial charge in [-0.2, -0.15) is 0 Å². The predicted octanol–water partition coefficient (Wildman–Crippen LogP) is 3.64. The first-order chi connectivity index (χ1) is 13.7. The number of hydrogen-bond acceptors (Lipinski definition) is 2. The molecule has 3 rings (SSSR count). The number of nitrogens with one attached hydrogen (secondary N) is 4. The van der Waals surface area contributed by atoms with Crippen LogP contribution in [0.5, 0.6) is 0 Å². The van der Waals surface area contributed by atoms with Crippen molar-refractivity contribution in [3.8, 4) is 0 Å². The summed E-state index contributed by atoms with van der Waals surface area (Å²) >= 11 is 0. The molecule has 1 heterocycles. The van der Waals surface area contributed by atoms with E-state index < -0.39 is 0 Å². The molecule has 160 valence electrons. The number of carbonyl (C=O) groups excluding carboxylic acids is 1. The highest BCUT2D eigenvalue weighted by atomic mass is 127. The van der Waals surface area contributed by atoms with Gasteiger partial charge in [0.1, 0.15) is 0 Å². The van der Waals surface area contributed by atoms with E-state index in [1.165, 1.54) is 34.9 Å². The molecule has 1 aliphatic rings. The number of benzene rings is 1. The number of amides is 1. The molecule has 0 atom stereocenters. The molecule has 0 aliphatic heterocycles. The van der Waals surface area contributed by atoms with Gasteiger partial charge in [-0.05, 0) is 50.3 Å². The first kappa shape index (κ1) is 23.5. The van der Waals surface area contributed by atoms with Crippen LogP contribution >= 0.6 is 24.0 Å². The number of fused-ring (bicyclic) bond motifs is 1. The summed E-state index contributed by atoms with van der Waals surface area (Å²) in [5.74, 6) is 0.882. The fourth-order valence-electron chi connectivity index (χ4n) is 3.80. The molecule has 2 aromatic rings. The molecule has 29 heavy (non-hydrogen) atoms. The second-order valence-corrected chi connectivity index (χ2v) is 7.60. The van der Waals surface area contributed by atoms with E-state index in [1.54, 1.807) is 0 Å². The molecule has 0 unspecified atom stereocenters. The average molecular weight is 511 g/mol. The number of hydrogen-bond donors (Lipinski definition) is 4. The Labute approximate surface area is 190 Å². The number of H-pyrrole nitrogens is 1. The third-order valence-corrected chi connectivity index (χ3v) is 5.28. The minimum Gasteiger partial charge on any atom is -0.361 e. The van der Waals surface area contributed by atoms with Gasteiger partial charge < -0.3 is 20.9 Å². The molecule has 0 radical (unpaired) electrons. The monoisotopic (exact) mass is 511 g/mol. The van der Waals surface area contributed by atoms with Crippen LogP contribution in [-0.2, 0) is 11.2 Å². The molecule has 1 aromatic carbocycles. The van der Waals surface area contributed by atoms with Gasteiger partial charge in [0.05, 0.1) is 6.54 Å². The van der Waals surface area contributed by atoms with Crippen molar-refractivity contribution in [1.29, 1.82) is 0 Å². The lowest BCUT2D eigenvalue weighted by atomic mass is 10.1. The smallest absolute Gasteiger partial charge is 0.222 e. The van der Waals surface area contributed by atoms with Gasteiger partial charge in [0.2, 0.25) is 5.91 Å². The summed E-state index contributed by atoms with van der Waals surface area (Å²) < 4.78 is 0. The zero-order chi connectivity index (χ0) is 19.8. The minimum absolute atomic E-state index is 0. The van der Waals surface area contributed by atoms with E-state index in [2.05, 4.69) is 57.2 Å². The summed E-state index contributed by atoms with van der Waals surface area (Å²) in [5.41, 5.74) is 3.75. The fraction of sp³-hybridized carbons (Fsp3) is 0.545.